The summed E-state index contributed by atoms with van der Waals surface area (Å²) in [5.74, 6) is 0. The summed E-state index contributed by atoms with van der Waals surface area (Å²) < 4.78 is 1.08. The molecule has 0 amide bonds. The van der Waals surface area contributed by atoms with Crippen LogP contribution in [0.3, 0.4) is 0 Å². The molecule has 0 saturated heterocycles. The standard InChI is InChI=1S/C16H20BrN3/c1-20(12-13-6-4-5-10-19-13)11-9-16(18)14-7-2-3-8-15(14)17/h2-8,10,16H,9,11-12,18H2,1H3. The fourth-order valence-corrected chi connectivity index (χ4v) is 2.72. The van der Waals surface area contributed by atoms with Gasteiger partial charge in [0.05, 0.1) is 5.69 Å². The summed E-state index contributed by atoms with van der Waals surface area (Å²) in [6, 6.07) is 14.2. The van der Waals surface area contributed by atoms with Crippen molar-refractivity contribution in [2.45, 2.75) is 19.0 Å². The van der Waals surface area contributed by atoms with E-state index in [1.807, 2.05) is 42.6 Å². The van der Waals surface area contributed by atoms with Gasteiger partial charge in [0.25, 0.3) is 0 Å². The van der Waals surface area contributed by atoms with Gasteiger partial charge in [-0.3, -0.25) is 4.98 Å². The molecule has 3 nitrogen and oxygen atoms in total. The van der Waals surface area contributed by atoms with Crippen LogP contribution < -0.4 is 5.73 Å². The van der Waals surface area contributed by atoms with Crippen LogP contribution in [0.25, 0.3) is 0 Å². The third-order valence-corrected chi connectivity index (χ3v) is 4.01. The molecule has 0 aliphatic carbocycles. The Morgan fingerprint density at radius 3 is 2.65 bits per heavy atom. The number of aromatic nitrogens is 1. The van der Waals surface area contributed by atoms with E-state index in [0.717, 1.165) is 29.7 Å². The number of nitrogens with two attached hydrogens (primary N) is 1. The maximum atomic E-state index is 6.27. The summed E-state index contributed by atoms with van der Waals surface area (Å²) in [6.07, 6.45) is 2.75. The number of nitrogens with zero attached hydrogens (tertiary/aromatic N) is 2. The van der Waals surface area contributed by atoms with Gasteiger partial charge in [0.2, 0.25) is 0 Å². The van der Waals surface area contributed by atoms with E-state index in [0.29, 0.717) is 0 Å². The summed E-state index contributed by atoms with van der Waals surface area (Å²) in [5.41, 5.74) is 8.52. The van der Waals surface area contributed by atoms with Crippen LogP contribution in [-0.2, 0) is 6.54 Å². The van der Waals surface area contributed by atoms with Gasteiger partial charge in [0.15, 0.2) is 0 Å². The molecule has 2 rings (SSSR count). The van der Waals surface area contributed by atoms with Gasteiger partial charge >= 0.3 is 0 Å². The SMILES string of the molecule is CN(CCC(N)c1ccccc1Br)Cc1ccccn1. The monoisotopic (exact) mass is 333 g/mol. The second-order valence-corrected chi connectivity index (χ2v) is 5.83. The number of pyridine rings is 1. The van der Waals surface area contributed by atoms with Crippen LogP contribution in [0, 0.1) is 0 Å². The van der Waals surface area contributed by atoms with E-state index in [4.69, 9.17) is 5.73 Å². The van der Waals surface area contributed by atoms with E-state index in [9.17, 15) is 0 Å². The molecular formula is C16H20BrN3. The Morgan fingerprint density at radius 2 is 1.95 bits per heavy atom. The minimum Gasteiger partial charge on any atom is -0.324 e. The average molecular weight is 334 g/mol. The molecule has 1 aromatic carbocycles. The van der Waals surface area contributed by atoms with Crippen molar-refractivity contribution in [3.8, 4) is 0 Å². The highest BCUT2D eigenvalue weighted by molar-refractivity contribution is 9.10. The minimum atomic E-state index is 0.0526. The van der Waals surface area contributed by atoms with E-state index in [2.05, 4.69) is 38.9 Å². The van der Waals surface area contributed by atoms with Crippen LogP contribution in [0.4, 0.5) is 0 Å². The first kappa shape index (κ1) is 15.2. The van der Waals surface area contributed by atoms with Crippen molar-refractivity contribution in [1.82, 2.24) is 9.88 Å². The molecule has 1 heterocycles. The molecule has 4 heteroatoms. The summed E-state index contributed by atoms with van der Waals surface area (Å²) in [5, 5.41) is 0. The molecule has 0 radical (unpaired) electrons. The fraction of sp³-hybridized carbons (Fsp3) is 0.312. The molecular weight excluding hydrogens is 314 g/mol. The highest BCUT2D eigenvalue weighted by atomic mass is 79.9. The van der Waals surface area contributed by atoms with Crippen molar-refractivity contribution in [2.24, 2.45) is 5.73 Å². The lowest BCUT2D eigenvalue weighted by Gasteiger charge is -2.20. The Hall–Kier alpha value is -1.23. The van der Waals surface area contributed by atoms with Crippen molar-refractivity contribution in [3.05, 3.63) is 64.4 Å². The minimum absolute atomic E-state index is 0.0526. The first-order chi connectivity index (χ1) is 9.66. The van der Waals surface area contributed by atoms with Gasteiger partial charge in [0, 0.05) is 29.8 Å². The first-order valence-corrected chi connectivity index (χ1v) is 7.54. The number of hydrogen-bond donors (Lipinski definition) is 1. The van der Waals surface area contributed by atoms with Gasteiger partial charge in [-0.05, 0) is 37.2 Å². The van der Waals surface area contributed by atoms with Crippen molar-refractivity contribution >= 4 is 15.9 Å². The smallest absolute Gasteiger partial charge is 0.0543 e. The predicted molar refractivity (Wildman–Crippen MR) is 86.3 cm³/mol. The largest absolute Gasteiger partial charge is 0.324 e. The Morgan fingerprint density at radius 1 is 1.20 bits per heavy atom. The van der Waals surface area contributed by atoms with Crippen LogP contribution in [-0.4, -0.2) is 23.5 Å². The fourth-order valence-electron chi connectivity index (χ4n) is 2.14. The molecule has 1 unspecified atom stereocenters. The normalized spacial score (nSPS) is 12.6. The Balaban J connectivity index is 1.84. The maximum Gasteiger partial charge on any atom is 0.0543 e. The Bertz CT molecular complexity index is 530. The molecule has 0 spiro atoms. The zero-order chi connectivity index (χ0) is 14.4. The van der Waals surface area contributed by atoms with Crippen LogP contribution in [0.2, 0.25) is 0 Å². The zero-order valence-corrected chi connectivity index (χ0v) is 13.3. The maximum absolute atomic E-state index is 6.27. The number of hydrogen-bond acceptors (Lipinski definition) is 3. The quantitative estimate of drug-likeness (QED) is 0.881. The van der Waals surface area contributed by atoms with E-state index in [-0.39, 0.29) is 6.04 Å². The van der Waals surface area contributed by atoms with Crippen LogP contribution >= 0.6 is 15.9 Å². The lowest BCUT2D eigenvalue weighted by atomic mass is 10.0. The topological polar surface area (TPSA) is 42.1 Å². The lowest BCUT2D eigenvalue weighted by Crippen LogP contribution is -2.24. The van der Waals surface area contributed by atoms with Crippen LogP contribution in [0.5, 0.6) is 0 Å². The lowest BCUT2D eigenvalue weighted by molar-refractivity contribution is 0.308. The molecule has 2 aromatic rings. The second-order valence-electron chi connectivity index (χ2n) is 4.98. The summed E-state index contributed by atoms with van der Waals surface area (Å²) >= 11 is 3.55. The first-order valence-electron chi connectivity index (χ1n) is 6.75. The molecule has 20 heavy (non-hydrogen) atoms. The van der Waals surface area contributed by atoms with Gasteiger partial charge in [-0.15, -0.1) is 0 Å². The highest BCUT2D eigenvalue weighted by Gasteiger charge is 2.10. The molecule has 0 aliphatic heterocycles. The van der Waals surface area contributed by atoms with Gasteiger partial charge in [-0.25, -0.2) is 0 Å². The van der Waals surface area contributed by atoms with E-state index < -0.39 is 0 Å². The van der Waals surface area contributed by atoms with E-state index >= 15 is 0 Å². The van der Waals surface area contributed by atoms with Gasteiger partial charge in [0.1, 0.15) is 0 Å². The number of rotatable bonds is 6. The van der Waals surface area contributed by atoms with Gasteiger partial charge in [-0.1, -0.05) is 40.2 Å². The summed E-state index contributed by atoms with van der Waals surface area (Å²) in [7, 11) is 2.10. The Labute approximate surface area is 129 Å². The summed E-state index contributed by atoms with van der Waals surface area (Å²) in [6.45, 7) is 1.79. The van der Waals surface area contributed by atoms with Gasteiger partial charge in [-0.2, -0.15) is 0 Å². The molecule has 0 bridgehead atoms. The average Bonchev–Trinajstić information content (AvgIpc) is 2.46. The van der Waals surface area contributed by atoms with E-state index in [1.165, 1.54) is 5.56 Å². The van der Waals surface area contributed by atoms with Crippen molar-refractivity contribution in [3.63, 3.8) is 0 Å². The van der Waals surface area contributed by atoms with E-state index in [1.54, 1.807) is 0 Å². The number of halogens is 1. The molecule has 106 valence electrons. The summed E-state index contributed by atoms with van der Waals surface area (Å²) in [4.78, 5) is 6.59. The van der Waals surface area contributed by atoms with Crippen LogP contribution in [0.1, 0.15) is 23.7 Å². The number of benzene rings is 1. The zero-order valence-electron chi connectivity index (χ0n) is 11.7. The molecule has 2 N–H and O–H groups in total. The molecule has 0 fully saturated rings. The molecule has 0 saturated carbocycles. The molecule has 1 aromatic heterocycles. The second kappa shape index (κ2) is 7.53. The third kappa shape index (κ3) is 4.40. The third-order valence-electron chi connectivity index (χ3n) is 3.28. The highest BCUT2D eigenvalue weighted by Crippen LogP contribution is 2.23. The molecule has 1 atom stereocenters. The van der Waals surface area contributed by atoms with Crippen molar-refractivity contribution in [1.29, 1.82) is 0 Å². The van der Waals surface area contributed by atoms with Gasteiger partial charge < -0.3 is 10.6 Å². The van der Waals surface area contributed by atoms with Crippen LogP contribution in [0.15, 0.2) is 53.1 Å². The van der Waals surface area contributed by atoms with Crippen molar-refractivity contribution in [2.75, 3.05) is 13.6 Å². The Kier molecular flexibility index (Phi) is 5.71. The predicted octanol–water partition coefficient (Wildman–Crippen LogP) is 3.37. The van der Waals surface area contributed by atoms with Crippen molar-refractivity contribution < 1.29 is 0 Å². The molecule has 0 aliphatic rings.